The lowest BCUT2D eigenvalue weighted by molar-refractivity contribution is -0.138. The van der Waals surface area contributed by atoms with Gasteiger partial charge in [-0.2, -0.15) is 0 Å². The zero-order valence-corrected chi connectivity index (χ0v) is 18.5. The van der Waals surface area contributed by atoms with Gasteiger partial charge < -0.3 is 20.1 Å². The molecule has 0 bridgehead atoms. The number of carboxylic acid groups (broad SMARTS) is 1. The van der Waals surface area contributed by atoms with E-state index in [1.807, 2.05) is 43.3 Å². The molecule has 2 N–H and O–H groups in total. The van der Waals surface area contributed by atoms with Crippen molar-refractivity contribution in [2.45, 2.75) is 44.6 Å². The van der Waals surface area contributed by atoms with E-state index in [-0.39, 0.29) is 31.4 Å². The summed E-state index contributed by atoms with van der Waals surface area (Å²) in [6.45, 7) is 2.26. The summed E-state index contributed by atoms with van der Waals surface area (Å²) in [6.07, 6.45) is 1.31. The normalized spacial score (nSPS) is 13.1. The summed E-state index contributed by atoms with van der Waals surface area (Å²) in [7, 11) is 1.55. The Labute approximate surface area is 188 Å². The van der Waals surface area contributed by atoms with E-state index in [4.69, 9.17) is 9.84 Å². The van der Waals surface area contributed by atoms with E-state index in [0.29, 0.717) is 6.42 Å². The van der Waals surface area contributed by atoms with Crippen molar-refractivity contribution >= 4 is 18.0 Å². The van der Waals surface area contributed by atoms with Crippen molar-refractivity contribution in [3.63, 3.8) is 0 Å². The predicted molar refractivity (Wildman–Crippen MR) is 121 cm³/mol. The van der Waals surface area contributed by atoms with E-state index < -0.39 is 18.1 Å². The van der Waals surface area contributed by atoms with Gasteiger partial charge >= 0.3 is 12.1 Å². The molecule has 0 spiro atoms. The first kappa shape index (κ1) is 23.3. The lowest BCUT2D eigenvalue weighted by Gasteiger charge is -2.24. The van der Waals surface area contributed by atoms with E-state index in [2.05, 4.69) is 17.4 Å². The lowest BCUT2D eigenvalue weighted by Crippen LogP contribution is -2.48. The third-order valence-electron chi connectivity index (χ3n) is 5.82. The second kappa shape index (κ2) is 10.8. The Bertz CT molecular complexity index is 929. The van der Waals surface area contributed by atoms with Crippen molar-refractivity contribution in [3.8, 4) is 11.1 Å². The minimum absolute atomic E-state index is 0.0591. The van der Waals surface area contributed by atoms with Gasteiger partial charge in [0, 0.05) is 19.5 Å². The molecule has 2 amide bonds. The molecule has 0 saturated carbocycles. The number of hydrogen-bond acceptors (Lipinski definition) is 4. The van der Waals surface area contributed by atoms with Crippen molar-refractivity contribution < 1.29 is 24.2 Å². The molecule has 7 nitrogen and oxygen atoms in total. The molecule has 0 fully saturated rings. The SMILES string of the molecule is CCCCC(NC(=O)OCC1c2ccccc2-c2ccccc21)C(=O)N(C)CCC(=O)O. The van der Waals surface area contributed by atoms with Crippen LogP contribution in [0.1, 0.15) is 49.7 Å². The Hall–Kier alpha value is -3.35. The summed E-state index contributed by atoms with van der Waals surface area (Å²) in [4.78, 5) is 37.5. The van der Waals surface area contributed by atoms with Gasteiger partial charge in [-0.15, -0.1) is 0 Å². The number of carboxylic acids is 1. The first-order chi connectivity index (χ1) is 15.4. The molecule has 0 aromatic heterocycles. The number of ether oxygens (including phenoxy) is 1. The van der Waals surface area contributed by atoms with Gasteiger partial charge in [0.25, 0.3) is 0 Å². The number of hydrogen-bond donors (Lipinski definition) is 2. The number of rotatable bonds is 10. The fourth-order valence-electron chi connectivity index (χ4n) is 4.09. The van der Waals surface area contributed by atoms with Gasteiger partial charge in [0.15, 0.2) is 0 Å². The molecule has 3 rings (SSSR count). The van der Waals surface area contributed by atoms with Crippen molar-refractivity contribution in [1.82, 2.24) is 10.2 Å². The minimum Gasteiger partial charge on any atom is -0.481 e. The first-order valence-electron chi connectivity index (χ1n) is 11.0. The van der Waals surface area contributed by atoms with Crippen molar-refractivity contribution in [1.29, 1.82) is 0 Å². The van der Waals surface area contributed by atoms with Crippen LogP contribution in [-0.4, -0.2) is 54.2 Å². The number of nitrogens with one attached hydrogen (secondary N) is 1. The second-order valence-electron chi connectivity index (χ2n) is 8.07. The highest BCUT2D eigenvalue weighted by Crippen LogP contribution is 2.44. The van der Waals surface area contributed by atoms with Crippen LogP contribution in [0.5, 0.6) is 0 Å². The lowest BCUT2D eigenvalue weighted by atomic mass is 9.98. The Kier molecular flexibility index (Phi) is 7.87. The molecule has 2 aromatic carbocycles. The molecular formula is C25H30N2O5. The third-order valence-corrected chi connectivity index (χ3v) is 5.82. The molecule has 0 heterocycles. The number of carbonyl (C=O) groups excluding carboxylic acids is 2. The molecule has 7 heteroatoms. The largest absolute Gasteiger partial charge is 0.481 e. The number of carbonyl (C=O) groups is 3. The molecule has 1 atom stereocenters. The van der Waals surface area contributed by atoms with Crippen LogP contribution in [0.2, 0.25) is 0 Å². The minimum atomic E-state index is -0.973. The first-order valence-corrected chi connectivity index (χ1v) is 11.0. The number of benzene rings is 2. The zero-order valence-electron chi connectivity index (χ0n) is 18.5. The fraction of sp³-hybridized carbons (Fsp3) is 0.400. The van der Waals surface area contributed by atoms with Gasteiger partial charge in [0.05, 0.1) is 6.42 Å². The van der Waals surface area contributed by atoms with Crippen molar-refractivity contribution in [2.24, 2.45) is 0 Å². The predicted octanol–water partition coefficient (Wildman–Crippen LogP) is 4.02. The van der Waals surface area contributed by atoms with E-state index >= 15 is 0 Å². The smallest absolute Gasteiger partial charge is 0.407 e. The number of aliphatic carboxylic acids is 1. The molecule has 170 valence electrons. The Morgan fingerprint density at radius 2 is 1.66 bits per heavy atom. The van der Waals surface area contributed by atoms with Gasteiger partial charge in [0.1, 0.15) is 12.6 Å². The number of unbranched alkanes of at least 4 members (excludes halogenated alkanes) is 1. The van der Waals surface area contributed by atoms with Crippen LogP contribution in [0.3, 0.4) is 0 Å². The average molecular weight is 439 g/mol. The Morgan fingerprint density at radius 1 is 1.06 bits per heavy atom. The molecule has 1 unspecified atom stereocenters. The summed E-state index contributed by atoms with van der Waals surface area (Å²) in [6, 6.07) is 15.4. The summed E-state index contributed by atoms with van der Waals surface area (Å²) < 4.78 is 5.56. The van der Waals surface area contributed by atoms with Crippen LogP contribution in [0.4, 0.5) is 4.79 Å². The van der Waals surface area contributed by atoms with Gasteiger partial charge in [-0.25, -0.2) is 4.79 Å². The highest BCUT2D eigenvalue weighted by atomic mass is 16.5. The number of alkyl carbamates (subject to hydrolysis) is 1. The number of likely N-dealkylation sites (N-methyl/N-ethyl adjacent to an activating group) is 1. The molecule has 32 heavy (non-hydrogen) atoms. The Morgan fingerprint density at radius 3 is 2.22 bits per heavy atom. The highest BCUT2D eigenvalue weighted by molar-refractivity contribution is 5.86. The molecular weight excluding hydrogens is 408 g/mol. The van der Waals surface area contributed by atoms with Gasteiger partial charge in [0.2, 0.25) is 5.91 Å². The topological polar surface area (TPSA) is 95.9 Å². The molecule has 1 aliphatic carbocycles. The molecule has 0 aliphatic heterocycles. The molecule has 0 radical (unpaired) electrons. The quantitative estimate of drug-likeness (QED) is 0.584. The van der Waals surface area contributed by atoms with Crippen LogP contribution in [0.25, 0.3) is 11.1 Å². The number of amides is 2. The van der Waals surface area contributed by atoms with Crippen molar-refractivity contribution in [2.75, 3.05) is 20.2 Å². The van der Waals surface area contributed by atoms with Crippen molar-refractivity contribution in [3.05, 3.63) is 59.7 Å². The zero-order chi connectivity index (χ0) is 23.1. The van der Waals surface area contributed by atoms with Gasteiger partial charge in [-0.1, -0.05) is 68.3 Å². The molecule has 2 aromatic rings. The number of fused-ring (bicyclic) bond motifs is 3. The summed E-state index contributed by atoms with van der Waals surface area (Å²) in [5.74, 6) is -1.34. The highest BCUT2D eigenvalue weighted by Gasteiger charge is 2.30. The molecule has 1 aliphatic rings. The standard InChI is InChI=1S/C25H30N2O5/c1-3-4-13-22(24(30)27(2)15-14-23(28)29)26-25(31)32-16-21-19-11-7-5-9-17(19)18-10-6-8-12-20(18)21/h5-12,21-22H,3-4,13-16H2,1-2H3,(H,26,31)(H,28,29). The van der Waals surface area contributed by atoms with Crippen LogP contribution in [0.15, 0.2) is 48.5 Å². The van der Waals surface area contributed by atoms with Gasteiger partial charge in [-0.3, -0.25) is 9.59 Å². The number of nitrogens with zero attached hydrogens (tertiary/aromatic N) is 1. The van der Waals surface area contributed by atoms with Gasteiger partial charge in [-0.05, 0) is 28.7 Å². The van der Waals surface area contributed by atoms with E-state index in [1.54, 1.807) is 7.05 Å². The second-order valence-corrected chi connectivity index (χ2v) is 8.07. The van der Waals surface area contributed by atoms with E-state index in [0.717, 1.165) is 35.1 Å². The van der Waals surface area contributed by atoms with E-state index in [9.17, 15) is 14.4 Å². The third kappa shape index (κ3) is 5.46. The van der Waals surface area contributed by atoms with Crippen LogP contribution < -0.4 is 5.32 Å². The van der Waals surface area contributed by atoms with Crippen LogP contribution in [0, 0.1) is 0 Å². The summed E-state index contributed by atoms with van der Waals surface area (Å²) in [5, 5.41) is 11.5. The fourth-order valence-corrected chi connectivity index (χ4v) is 4.09. The van der Waals surface area contributed by atoms with E-state index in [1.165, 1.54) is 4.90 Å². The monoisotopic (exact) mass is 438 g/mol. The van der Waals surface area contributed by atoms with Crippen LogP contribution >= 0.6 is 0 Å². The Balaban J connectivity index is 1.64. The maximum absolute atomic E-state index is 12.7. The maximum Gasteiger partial charge on any atom is 0.407 e. The molecule has 0 saturated heterocycles. The summed E-state index contributed by atoms with van der Waals surface area (Å²) >= 11 is 0. The summed E-state index contributed by atoms with van der Waals surface area (Å²) in [5.41, 5.74) is 4.53. The average Bonchev–Trinajstić information content (AvgIpc) is 3.12. The van der Waals surface area contributed by atoms with Crippen LogP contribution in [-0.2, 0) is 14.3 Å². The maximum atomic E-state index is 12.7.